The number of rotatable bonds is 2. The van der Waals surface area contributed by atoms with Gasteiger partial charge in [0.2, 0.25) is 0 Å². The molecule has 1 saturated heterocycles. The van der Waals surface area contributed by atoms with Crippen LogP contribution in [-0.2, 0) is 10.0 Å². The first-order valence-corrected chi connectivity index (χ1v) is 7.11. The summed E-state index contributed by atoms with van der Waals surface area (Å²) in [7, 11) is -3.45. The second kappa shape index (κ2) is 4.72. The molecule has 5 nitrogen and oxygen atoms in total. The molecule has 0 bridgehead atoms. The number of nitrogens with one attached hydrogen (secondary N) is 1. The minimum atomic E-state index is -3.45. The van der Waals surface area contributed by atoms with E-state index in [0.29, 0.717) is 19.6 Å². The molecule has 0 radical (unpaired) electrons. The van der Waals surface area contributed by atoms with Gasteiger partial charge in [0.25, 0.3) is 10.0 Å². The summed E-state index contributed by atoms with van der Waals surface area (Å²) >= 11 is 0. The monoisotopic (exact) mass is 255 g/mol. The minimum absolute atomic E-state index is 0.0307. The van der Waals surface area contributed by atoms with Crippen LogP contribution in [0.2, 0.25) is 0 Å². The second-order valence-corrected chi connectivity index (χ2v) is 6.18. The Morgan fingerprint density at radius 3 is 2.82 bits per heavy atom. The molecule has 0 amide bonds. The van der Waals surface area contributed by atoms with Gasteiger partial charge in [0, 0.05) is 31.9 Å². The van der Waals surface area contributed by atoms with E-state index in [4.69, 9.17) is 0 Å². The van der Waals surface area contributed by atoms with Gasteiger partial charge in [0.05, 0.1) is 0 Å². The van der Waals surface area contributed by atoms with Crippen molar-refractivity contribution in [3.63, 3.8) is 0 Å². The fourth-order valence-electron chi connectivity index (χ4n) is 1.91. The number of nitrogens with zero attached hydrogens (tertiary/aromatic N) is 2. The number of hydrogen-bond acceptors (Lipinski definition) is 4. The standard InChI is InChI=1S/C11H17N3O2S/c1-9-3-4-11(13-7-9)17(15,16)14-6-5-12-8-10(14)2/h3-4,7,10,12H,5-6,8H2,1-2H3/t10-/m1/s1. The average Bonchev–Trinajstić information content (AvgIpc) is 2.30. The third-order valence-electron chi connectivity index (χ3n) is 2.90. The molecule has 0 unspecified atom stereocenters. The molecule has 6 heteroatoms. The van der Waals surface area contributed by atoms with E-state index < -0.39 is 10.0 Å². The van der Waals surface area contributed by atoms with Gasteiger partial charge in [-0.3, -0.25) is 0 Å². The number of aryl methyl sites for hydroxylation is 1. The van der Waals surface area contributed by atoms with Crippen LogP contribution >= 0.6 is 0 Å². The van der Waals surface area contributed by atoms with E-state index >= 15 is 0 Å². The zero-order valence-electron chi connectivity index (χ0n) is 10.0. The Bertz CT molecular complexity index is 484. The first kappa shape index (κ1) is 12.5. The molecule has 0 spiro atoms. The van der Waals surface area contributed by atoms with Gasteiger partial charge in [-0.1, -0.05) is 6.07 Å². The molecule has 17 heavy (non-hydrogen) atoms. The normalized spacial score (nSPS) is 22.6. The fraction of sp³-hybridized carbons (Fsp3) is 0.545. The number of hydrogen-bond donors (Lipinski definition) is 1. The summed E-state index contributed by atoms with van der Waals surface area (Å²) in [5.41, 5.74) is 0.956. The largest absolute Gasteiger partial charge is 0.314 e. The van der Waals surface area contributed by atoms with E-state index in [0.717, 1.165) is 5.56 Å². The van der Waals surface area contributed by atoms with Crippen LogP contribution in [0.25, 0.3) is 0 Å². The highest BCUT2D eigenvalue weighted by Crippen LogP contribution is 2.17. The van der Waals surface area contributed by atoms with Crippen LogP contribution in [0.5, 0.6) is 0 Å². The van der Waals surface area contributed by atoms with Crippen LogP contribution in [0.3, 0.4) is 0 Å². The maximum Gasteiger partial charge on any atom is 0.260 e. The predicted molar refractivity (Wildman–Crippen MR) is 65.2 cm³/mol. The van der Waals surface area contributed by atoms with E-state index in [1.807, 2.05) is 13.8 Å². The Balaban J connectivity index is 2.32. The summed E-state index contributed by atoms with van der Waals surface area (Å²) in [5.74, 6) is 0. The number of sulfonamides is 1. The predicted octanol–water partition coefficient (Wildman–Crippen LogP) is 0.372. The van der Waals surface area contributed by atoms with E-state index in [1.54, 1.807) is 18.3 Å². The number of piperazine rings is 1. The Morgan fingerprint density at radius 1 is 1.47 bits per heavy atom. The Labute approximate surface area is 102 Å². The summed E-state index contributed by atoms with van der Waals surface area (Å²) in [5, 5.41) is 3.31. The molecule has 94 valence electrons. The van der Waals surface area contributed by atoms with Crippen LogP contribution in [0.15, 0.2) is 23.4 Å². The van der Waals surface area contributed by atoms with Crippen molar-refractivity contribution < 1.29 is 8.42 Å². The van der Waals surface area contributed by atoms with E-state index in [9.17, 15) is 8.42 Å². The topological polar surface area (TPSA) is 62.3 Å². The highest BCUT2D eigenvalue weighted by molar-refractivity contribution is 7.89. The molecule has 0 saturated carbocycles. The van der Waals surface area contributed by atoms with Gasteiger partial charge in [0.1, 0.15) is 0 Å². The molecule has 1 fully saturated rings. The first-order valence-electron chi connectivity index (χ1n) is 5.67. The lowest BCUT2D eigenvalue weighted by molar-refractivity contribution is 0.283. The Morgan fingerprint density at radius 2 is 2.24 bits per heavy atom. The van der Waals surface area contributed by atoms with Gasteiger partial charge in [-0.15, -0.1) is 0 Å². The van der Waals surface area contributed by atoms with Crippen molar-refractivity contribution in [1.82, 2.24) is 14.6 Å². The van der Waals surface area contributed by atoms with E-state index in [-0.39, 0.29) is 11.1 Å². The van der Waals surface area contributed by atoms with Crippen molar-refractivity contribution in [3.05, 3.63) is 23.9 Å². The van der Waals surface area contributed by atoms with E-state index in [2.05, 4.69) is 10.3 Å². The zero-order chi connectivity index (χ0) is 12.5. The van der Waals surface area contributed by atoms with Crippen molar-refractivity contribution in [2.24, 2.45) is 0 Å². The van der Waals surface area contributed by atoms with Crippen LogP contribution in [0, 0.1) is 6.92 Å². The maximum absolute atomic E-state index is 12.3. The SMILES string of the molecule is Cc1ccc(S(=O)(=O)N2CCNC[C@H]2C)nc1. The fourth-order valence-corrected chi connectivity index (χ4v) is 3.45. The lowest BCUT2D eigenvalue weighted by atomic mass is 10.3. The molecule has 1 aromatic heterocycles. The lowest BCUT2D eigenvalue weighted by Gasteiger charge is -2.32. The first-order chi connectivity index (χ1) is 8.01. The number of pyridine rings is 1. The zero-order valence-corrected chi connectivity index (χ0v) is 10.9. The summed E-state index contributed by atoms with van der Waals surface area (Å²) in [6.07, 6.45) is 1.58. The highest BCUT2D eigenvalue weighted by atomic mass is 32.2. The van der Waals surface area contributed by atoms with Gasteiger partial charge in [-0.05, 0) is 25.5 Å². The van der Waals surface area contributed by atoms with Crippen molar-refractivity contribution in [3.8, 4) is 0 Å². The molecule has 2 heterocycles. The van der Waals surface area contributed by atoms with Gasteiger partial charge >= 0.3 is 0 Å². The highest BCUT2D eigenvalue weighted by Gasteiger charge is 2.31. The summed E-state index contributed by atoms with van der Waals surface area (Å²) in [4.78, 5) is 4.01. The second-order valence-electron chi connectivity index (χ2n) is 4.34. The Kier molecular flexibility index (Phi) is 3.46. The summed E-state index contributed by atoms with van der Waals surface area (Å²) in [6.45, 7) is 5.66. The summed E-state index contributed by atoms with van der Waals surface area (Å²) in [6, 6.07) is 3.31. The number of aromatic nitrogens is 1. The van der Waals surface area contributed by atoms with Crippen LogP contribution in [0.1, 0.15) is 12.5 Å². The van der Waals surface area contributed by atoms with Crippen molar-refractivity contribution in [2.45, 2.75) is 24.9 Å². The smallest absolute Gasteiger partial charge is 0.260 e. The van der Waals surface area contributed by atoms with Crippen LogP contribution in [-0.4, -0.2) is 43.4 Å². The van der Waals surface area contributed by atoms with Gasteiger partial charge in [0.15, 0.2) is 5.03 Å². The molecule has 1 aliphatic heterocycles. The molecular weight excluding hydrogens is 238 g/mol. The molecule has 1 N–H and O–H groups in total. The van der Waals surface area contributed by atoms with Gasteiger partial charge < -0.3 is 5.32 Å². The van der Waals surface area contributed by atoms with Crippen LogP contribution in [0.4, 0.5) is 0 Å². The average molecular weight is 255 g/mol. The Hall–Kier alpha value is -0.980. The summed E-state index contributed by atoms with van der Waals surface area (Å²) < 4.78 is 26.2. The molecule has 1 aliphatic rings. The lowest BCUT2D eigenvalue weighted by Crippen LogP contribution is -2.52. The minimum Gasteiger partial charge on any atom is -0.314 e. The molecule has 0 aliphatic carbocycles. The van der Waals surface area contributed by atoms with Crippen molar-refractivity contribution in [1.29, 1.82) is 0 Å². The van der Waals surface area contributed by atoms with Gasteiger partial charge in [-0.2, -0.15) is 4.31 Å². The molecular formula is C11H17N3O2S. The molecule has 1 aromatic rings. The van der Waals surface area contributed by atoms with Crippen molar-refractivity contribution in [2.75, 3.05) is 19.6 Å². The van der Waals surface area contributed by atoms with Crippen molar-refractivity contribution >= 4 is 10.0 Å². The maximum atomic E-state index is 12.3. The third kappa shape index (κ3) is 2.48. The third-order valence-corrected chi connectivity index (χ3v) is 4.83. The molecule has 0 aromatic carbocycles. The van der Waals surface area contributed by atoms with E-state index in [1.165, 1.54) is 4.31 Å². The quantitative estimate of drug-likeness (QED) is 0.829. The molecule has 2 rings (SSSR count). The molecule has 1 atom stereocenters. The van der Waals surface area contributed by atoms with Crippen LogP contribution < -0.4 is 5.32 Å². The van der Waals surface area contributed by atoms with Gasteiger partial charge in [-0.25, -0.2) is 13.4 Å².